The minimum Gasteiger partial charge on any atom is -0.493 e. The van der Waals surface area contributed by atoms with Crippen LogP contribution in [0.3, 0.4) is 0 Å². The van der Waals surface area contributed by atoms with E-state index >= 15 is 0 Å². The average Bonchev–Trinajstić information content (AvgIpc) is 2.78. The SMILES string of the molecule is COc1ccc(S(=O)(=O)N2CCN(c3ncc(C(=O)NO)cn3)CC2)cc1OC. The second kappa shape index (κ2) is 8.59. The molecule has 12 heteroatoms. The van der Waals surface area contributed by atoms with Crippen LogP contribution in [0.4, 0.5) is 5.95 Å². The number of sulfonamides is 1. The van der Waals surface area contributed by atoms with E-state index in [0.29, 0.717) is 30.5 Å². The number of hydrogen-bond donors (Lipinski definition) is 2. The summed E-state index contributed by atoms with van der Waals surface area (Å²) in [4.78, 5) is 21.5. The number of aromatic nitrogens is 2. The summed E-state index contributed by atoms with van der Waals surface area (Å²) in [6, 6.07) is 4.48. The minimum absolute atomic E-state index is 0.117. The number of rotatable bonds is 6. The fourth-order valence-electron chi connectivity index (χ4n) is 2.92. The van der Waals surface area contributed by atoms with Crippen LogP contribution in [-0.2, 0) is 10.0 Å². The lowest BCUT2D eigenvalue weighted by atomic mass is 10.3. The molecule has 1 aromatic heterocycles. The van der Waals surface area contributed by atoms with E-state index in [-0.39, 0.29) is 23.5 Å². The van der Waals surface area contributed by atoms with Crippen LogP contribution in [0, 0.1) is 0 Å². The molecule has 0 saturated carbocycles. The van der Waals surface area contributed by atoms with Gasteiger partial charge in [-0.3, -0.25) is 10.0 Å². The van der Waals surface area contributed by atoms with Crippen LogP contribution in [0.15, 0.2) is 35.5 Å². The van der Waals surface area contributed by atoms with E-state index in [9.17, 15) is 13.2 Å². The molecule has 0 unspecified atom stereocenters. The van der Waals surface area contributed by atoms with Gasteiger partial charge in [0.2, 0.25) is 16.0 Å². The Morgan fingerprint density at radius 3 is 2.24 bits per heavy atom. The molecule has 0 spiro atoms. The Morgan fingerprint density at radius 2 is 1.69 bits per heavy atom. The molecule has 1 fully saturated rings. The second-order valence-electron chi connectivity index (χ2n) is 6.12. The van der Waals surface area contributed by atoms with Crippen molar-refractivity contribution in [3.63, 3.8) is 0 Å². The molecule has 0 radical (unpaired) electrons. The Bertz CT molecular complexity index is 974. The number of piperazine rings is 1. The molecule has 3 rings (SSSR count). The Balaban J connectivity index is 1.70. The van der Waals surface area contributed by atoms with Crippen molar-refractivity contribution in [2.75, 3.05) is 45.3 Å². The van der Waals surface area contributed by atoms with Gasteiger partial charge in [-0.2, -0.15) is 4.31 Å². The van der Waals surface area contributed by atoms with E-state index in [4.69, 9.17) is 14.7 Å². The number of nitrogens with one attached hydrogen (secondary N) is 1. The van der Waals surface area contributed by atoms with Gasteiger partial charge in [0.1, 0.15) is 0 Å². The van der Waals surface area contributed by atoms with Gasteiger partial charge in [-0.05, 0) is 12.1 Å². The molecule has 0 bridgehead atoms. The largest absolute Gasteiger partial charge is 0.493 e. The Morgan fingerprint density at radius 1 is 1.07 bits per heavy atom. The molecule has 0 aliphatic carbocycles. The van der Waals surface area contributed by atoms with E-state index in [2.05, 4.69) is 9.97 Å². The van der Waals surface area contributed by atoms with Crippen LogP contribution < -0.4 is 19.9 Å². The first-order valence-electron chi connectivity index (χ1n) is 8.64. The molecule has 29 heavy (non-hydrogen) atoms. The third-order valence-corrected chi connectivity index (χ3v) is 6.41. The van der Waals surface area contributed by atoms with E-state index < -0.39 is 15.9 Å². The molecular weight excluding hydrogens is 402 g/mol. The summed E-state index contributed by atoms with van der Waals surface area (Å²) in [5.41, 5.74) is 1.63. The molecule has 1 aromatic carbocycles. The van der Waals surface area contributed by atoms with Gasteiger partial charge in [-0.25, -0.2) is 23.9 Å². The zero-order valence-electron chi connectivity index (χ0n) is 15.9. The molecular formula is C17H21N5O6S. The maximum absolute atomic E-state index is 13.0. The fourth-order valence-corrected chi connectivity index (χ4v) is 4.36. The molecule has 1 saturated heterocycles. The van der Waals surface area contributed by atoms with Crippen molar-refractivity contribution in [2.24, 2.45) is 0 Å². The van der Waals surface area contributed by atoms with Crippen molar-refractivity contribution < 1.29 is 27.9 Å². The summed E-state index contributed by atoms with van der Waals surface area (Å²) >= 11 is 0. The number of hydrogen-bond acceptors (Lipinski definition) is 9. The topological polar surface area (TPSA) is 134 Å². The summed E-state index contributed by atoms with van der Waals surface area (Å²) in [6.45, 7) is 1.27. The predicted octanol–water partition coefficient (Wildman–Crippen LogP) is 0.124. The Kier molecular flexibility index (Phi) is 6.15. The first kappa shape index (κ1) is 20.8. The van der Waals surface area contributed by atoms with Gasteiger partial charge in [0, 0.05) is 44.6 Å². The van der Waals surface area contributed by atoms with Gasteiger partial charge in [-0.1, -0.05) is 0 Å². The number of ether oxygens (including phenoxy) is 2. The number of methoxy groups -OCH3 is 2. The molecule has 1 aliphatic heterocycles. The van der Waals surface area contributed by atoms with Crippen molar-refractivity contribution in [1.29, 1.82) is 0 Å². The third kappa shape index (κ3) is 4.23. The summed E-state index contributed by atoms with van der Waals surface area (Å²) in [5.74, 6) is 0.462. The highest BCUT2D eigenvalue weighted by atomic mass is 32.2. The van der Waals surface area contributed by atoms with Crippen molar-refractivity contribution in [3.8, 4) is 11.5 Å². The Labute approximate surface area is 167 Å². The maximum atomic E-state index is 13.0. The summed E-state index contributed by atoms with van der Waals surface area (Å²) in [6.07, 6.45) is 2.58. The van der Waals surface area contributed by atoms with Crippen LogP contribution in [0.5, 0.6) is 11.5 Å². The van der Waals surface area contributed by atoms with Crippen molar-refractivity contribution in [2.45, 2.75) is 4.90 Å². The van der Waals surface area contributed by atoms with Gasteiger partial charge in [0.25, 0.3) is 5.91 Å². The molecule has 156 valence electrons. The molecule has 11 nitrogen and oxygen atoms in total. The molecule has 2 aromatic rings. The summed E-state index contributed by atoms with van der Waals surface area (Å²) < 4.78 is 37.7. The van der Waals surface area contributed by atoms with Gasteiger partial charge in [0.05, 0.1) is 24.7 Å². The lowest BCUT2D eigenvalue weighted by molar-refractivity contribution is 0.0705. The maximum Gasteiger partial charge on any atom is 0.277 e. The molecule has 2 heterocycles. The average molecular weight is 423 g/mol. The number of carbonyl (C=O) groups is 1. The van der Waals surface area contributed by atoms with Crippen LogP contribution in [0.25, 0.3) is 0 Å². The van der Waals surface area contributed by atoms with E-state index in [1.165, 1.54) is 48.5 Å². The number of hydroxylamine groups is 1. The third-order valence-electron chi connectivity index (χ3n) is 4.52. The standard InChI is InChI=1S/C17H21N5O6S/c1-27-14-4-3-13(9-15(14)28-2)29(25,26)22-7-5-21(6-8-22)17-18-10-12(11-19-17)16(23)20-24/h3-4,9-11,24H,5-8H2,1-2H3,(H,20,23). The number of amides is 1. The van der Waals surface area contributed by atoms with E-state index in [1.54, 1.807) is 6.07 Å². The molecule has 1 amide bonds. The molecule has 0 atom stereocenters. The quantitative estimate of drug-likeness (QED) is 0.491. The zero-order valence-corrected chi connectivity index (χ0v) is 16.7. The van der Waals surface area contributed by atoms with Gasteiger partial charge >= 0.3 is 0 Å². The number of carbonyl (C=O) groups excluding carboxylic acids is 1. The highest BCUT2D eigenvalue weighted by molar-refractivity contribution is 7.89. The number of anilines is 1. The normalized spacial score (nSPS) is 15.1. The van der Waals surface area contributed by atoms with Crippen LogP contribution >= 0.6 is 0 Å². The number of nitrogens with zero attached hydrogens (tertiary/aromatic N) is 4. The fraction of sp³-hybridized carbons (Fsp3) is 0.353. The van der Waals surface area contributed by atoms with Crippen molar-refractivity contribution in [3.05, 3.63) is 36.2 Å². The second-order valence-corrected chi connectivity index (χ2v) is 8.06. The smallest absolute Gasteiger partial charge is 0.277 e. The van der Waals surface area contributed by atoms with Crippen LogP contribution in [-0.4, -0.2) is 74.2 Å². The highest BCUT2D eigenvalue weighted by Gasteiger charge is 2.30. The van der Waals surface area contributed by atoms with E-state index in [0.717, 1.165) is 0 Å². The molecule has 1 aliphatic rings. The predicted molar refractivity (Wildman–Crippen MR) is 102 cm³/mol. The lowest BCUT2D eigenvalue weighted by Gasteiger charge is -2.34. The van der Waals surface area contributed by atoms with Crippen LogP contribution in [0.2, 0.25) is 0 Å². The van der Waals surface area contributed by atoms with Gasteiger partial charge in [-0.15, -0.1) is 0 Å². The molecule has 2 N–H and O–H groups in total. The van der Waals surface area contributed by atoms with Gasteiger partial charge in [0.15, 0.2) is 11.5 Å². The minimum atomic E-state index is -3.70. The number of benzene rings is 1. The van der Waals surface area contributed by atoms with E-state index in [1.807, 2.05) is 4.90 Å². The van der Waals surface area contributed by atoms with Crippen molar-refractivity contribution >= 4 is 21.9 Å². The van der Waals surface area contributed by atoms with Crippen molar-refractivity contribution in [1.82, 2.24) is 19.8 Å². The Hall–Kier alpha value is -2.96. The van der Waals surface area contributed by atoms with Crippen LogP contribution in [0.1, 0.15) is 10.4 Å². The summed E-state index contributed by atoms with van der Waals surface area (Å²) in [5, 5.41) is 8.63. The first-order chi connectivity index (χ1) is 13.9. The lowest BCUT2D eigenvalue weighted by Crippen LogP contribution is -2.49. The van der Waals surface area contributed by atoms with Gasteiger partial charge < -0.3 is 14.4 Å². The highest BCUT2D eigenvalue weighted by Crippen LogP contribution is 2.31. The zero-order chi connectivity index (χ0) is 21.0. The monoisotopic (exact) mass is 423 g/mol. The first-order valence-corrected chi connectivity index (χ1v) is 10.1. The summed E-state index contributed by atoms with van der Waals surface area (Å²) in [7, 11) is -0.768.